The molecule has 2 rings (SSSR count). The van der Waals surface area contributed by atoms with Crippen molar-refractivity contribution in [1.29, 1.82) is 0 Å². The number of nitrogens with zero attached hydrogens (tertiary/aromatic N) is 2. The van der Waals surface area contributed by atoms with E-state index in [4.69, 9.17) is 5.73 Å². The van der Waals surface area contributed by atoms with Crippen LogP contribution < -0.4 is 11.1 Å². The second-order valence-corrected chi connectivity index (χ2v) is 4.92. The highest BCUT2D eigenvalue weighted by molar-refractivity contribution is 5.10. The van der Waals surface area contributed by atoms with Crippen molar-refractivity contribution < 1.29 is 0 Å². The van der Waals surface area contributed by atoms with Crippen molar-refractivity contribution >= 4 is 0 Å². The van der Waals surface area contributed by atoms with Crippen LogP contribution in [0.5, 0.6) is 0 Å². The number of nitrogens with two attached hydrogens (primary N) is 1. The average Bonchev–Trinajstić information content (AvgIpc) is 2.64. The molecule has 0 spiro atoms. The van der Waals surface area contributed by atoms with Gasteiger partial charge in [0.2, 0.25) is 0 Å². The third-order valence-corrected chi connectivity index (χ3v) is 3.84. The van der Waals surface area contributed by atoms with Crippen LogP contribution in [0.4, 0.5) is 0 Å². The smallest absolute Gasteiger partial charge is 0.0537 e. The van der Waals surface area contributed by atoms with E-state index in [-0.39, 0.29) is 6.04 Å². The van der Waals surface area contributed by atoms with Crippen molar-refractivity contribution in [3.05, 3.63) is 18.0 Å². The minimum absolute atomic E-state index is 0.0534. The van der Waals surface area contributed by atoms with Gasteiger partial charge in [0.25, 0.3) is 0 Å². The van der Waals surface area contributed by atoms with E-state index < -0.39 is 0 Å². The first-order valence-corrected chi connectivity index (χ1v) is 6.14. The molecule has 1 aromatic heterocycles. The van der Waals surface area contributed by atoms with Crippen molar-refractivity contribution in [2.24, 2.45) is 12.8 Å². The summed E-state index contributed by atoms with van der Waals surface area (Å²) in [5, 5.41) is 7.77. The molecule has 0 amide bonds. The Kier molecular flexibility index (Phi) is 3.30. The predicted octanol–water partition coefficient (Wildman–Crippen LogP) is 1.34. The van der Waals surface area contributed by atoms with Gasteiger partial charge in [0.15, 0.2) is 0 Å². The maximum absolute atomic E-state index is 6.13. The topological polar surface area (TPSA) is 55.9 Å². The van der Waals surface area contributed by atoms with Gasteiger partial charge in [0.1, 0.15) is 0 Å². The van der Waals surface area contributed by atoms with Gasteiger partial charge in [-0.3, -0.25) is 4.68 Å². The summed E-state index contributed by atoms with van der Waals surface area (Å²) in [4.78, 5) is 0. The van der Waals surface area contributed by atoms with Gasteiger partial charge in [-0.2, -0.15) is 5.10 Å². The first kappa shape index (κ1) is 11.6. The lowest BCUT2D eigenvalue weighted by atomic mass is 9.75. The fraction of sp³-hybridized carbons (Fsp3) is 0.750. The summed E-state index contributed by atoms with van der Waals surface area (Å²) in [6, 6.07) is 0.0534. The zero-order chi connectivity index (χ0) is 11.6. The Balaban J connectivity index is 1.86. The third-order valence-electron chi connectivity index (χ3n) is 3.84. The number of rotatable bonds is 5. The van der Waals surface area contributed by atoms with Crippen LogP contribution in [-0.2, 0) is 7.05 Å². The molecule has 1 atom stereocenters. The zero-order valence-corrected chi connectivity index (χ0v) is 10.2. The number of nitrogens with one attached hydrogen (secondary N) is 1. The van der Waals surface area contributed by atoms with Crippen molar-refractivity contribution in [3.8, 4) is 0 Å². The Hall–Kier alpha value is -0.870. The van der Waals surface area contributed by atoms with E-state index in [2.05, 4.69) is 17.3 Å². The molecule has 1 aromatic rings. The molecule has 16 heavy (non-hydrogen) atoms. The minimum atomic E-state index is 0.0534. The fourth-order valence-electron chi connectivity index (χ4n) is 2.33. The zero-order valence-electron chi connectivity index (χ0n) is 10.2. The molecular formula is C12H22N4. The third kappa shape index (κ3) is 2.28. The highest BCUT2D eigenvalue weighted by Crippen LogP contribution is 2.34. The van der Waals surface area contributed by atoms with E-state index in [1.807, 2.05) is 19.4 Å². The molecule has 0 radical (unpaired) electrons. The van der Waals surface area contributed by atoms with E-state index in [0.717, 1.165) is 12.1 Å². The van der Waals surface area contributed by atoms with Gasteiger partial charge in [-0.25, -0.2) is 0 Å². The quantitative estimate of drug-likeness (QED) is 0.790. The molecular weight excluding hydrogens is 200 g/mol. The Morgan fingerprint density at radius 2 is 2.38 bits per heavy atom. The Labute approximate surface area is 97.2 Å². The number of aromatic nitrogens is 2. The summed E-state index contributed by atoms with van der Waals surface area (Å²) < 4.78 is 1.80. The van der Waals surface area contributed by atoms with E-state index >= 15 is 0 Å². The van der Waals surface area contributed by atoms with Crippen LogP contribution in [0.1, 0.15) is 44.2 Å². The van der Waals surface area contributed by atoms with Crippen molar-refractivity contribution in [1.82, 2.24) is 15.1 Å². The maximum Gasteiger partial charge on any atom is 0.0537 e. The summed E-state index contributed by atoms with van der Waals surface area (Å²) in [7, 11) is 1.92. The van der Waals surface area contributed by atoms with Crippen LogP contribution in [0.2, 0.25) is 0 Å². The molecule has 4 nitrogen and oxygen atoms in total. The van der Waals surface area contributed by atoms with Gasteiger partial charge in [-0.1, -0.05) is 6.92 Å². The molecule has 1 saturated carbocycles. The Bertz CT molecular complexity index is 335. The SMILES string of the molecule is CCC1(NCC(N)c2cnn(C)c2)CCC1. The lowest BCUT2D eigenvalue weighted by molar-refractivity contribution is 0.175. The van der Waals surface area contributed by atoms with Crippen molar-refractivity contribution in [3.63, 3.8) is 0 Å². The largest absolute Gasteiger partial charge is 0.323 e. The minimum Gasteiger partial charge on any atom is -0.323 e. The van der Waals surface area contributed by atoms with Crippen LogP contribution in [0, 0.1) is 0 Å². The van der Waals surface area contributed by atoms with Crippen LogP contribution >= 0.6 is 0 Å². The Morgan fingerprint density at radius 1 is 1.62 bits per heavy atom. The fourth-order valence-corrected chi connectivity index (χ4v) is 2.33. The van der Waals surface area contributed by atoms with E-state index in [0.29, 0.717) is 5.54 Å². The molecule has 1 heterocycles. The van der Waals surface area contributed by atoms with Gasteiger partial charge in [0.05, 0.1) is 6.20 Å². The average molecular weight is 222 g/mol. The molecule has 1 unspecified atom stereocenters. The molecule has 4 heteroatoms. The van der Waals surface area contributed by atoms with Gasteiger partial charge in [-0.05, 0) is 25.7 Å². The number of hydrogen-bond acceptors (Lipinski definition) is 3. The molecule has 90 valence electrons. The lowest BCUT2D eigenvalue weighted by Crippen LogP contribution is -2.52. The summed E-state index contributed by atoms with van der Waals surface area (Å²) in [5.41, 5.74) is 7.62. The van der Waals surface area contributed by atoms with Crippen molar-refractivity contribution in [2.45, 2.75) is 44.2 Å². The second-order valence-electron chi connectivity index (χ2n) is 4.92. The number of hydrogen-bond donors (Lipinski definition) is 2. The Morgan fingerprint density at radius 3 is 2.81 bits per heavy atom. The molecule has 1 aliphatic rings. The van der Waals surface area contributed by atoms with Crippen LogP contribution in [-0.4, -0.2) is 21.9 Å². The monoisotopic (exact) mass is 222 g/mol. The normalized spacial score (nSPS) is 20.4. The van der Waals surface area contributed by atoms with Crippen LogP contribution in [0.15, 0.2) is 12.4 Å². The van der Waals surface area contributed by atoms with E-state index in [9.17, 15) is 0 Å². The summed E-state index contributed by atoms with van der Waals surface area (Å²) in [6.07, 6.45) is 8.99. The molecule has 0 saturated heterocycles. The first-order valence-electron chi connectivity index (χ1n) is 6.14. The second kappa shape index (κ2) is 4.55. The van der Waals surface area contributed by atoms with E-state index in [1.54, 1.807) is 4.68 Å². The first-order chi connectivity index (χ1) is 7.65. The van der Waals surface area contributed by atoms with Gasteiger partial charge in [0, 0.05) is 36.9 Å². The standard InChI is InChI=1S/C12H22N4/c1-3-12(5-4-6-12)14-8-11(13)10-7-15-16(2)9-10/h7,9,11,14H,3-6,8,13H2,1-2H3. The molecule has 3 N–H and O–H groups in total. The summed E-state index contributed by atoms with van der Waals surface area (Å²) in [6.45, 7) is 3.10. The molecule has 1 aliphatic carbocycles. The molecule has 0 bridgehead atoms. The molecule has 0 aromatic carbocycles. The van der Waals surface area contributed by atoms with Gasteiger partial charge in [-0.15, -0.1) is 0 Å². The van der Waals surface area contributed by atoms with Crippen molar-refractivity contribution in [2.75, 3.05) is 6.54 Å². The number of aryl methyl sites for hydroxylation is 1. The summed E-state index contributed by atoms with van der Waals surface area (Å²) in [5.74, 6) is 0. The molecule has 0 aliphatic heterocycles. The highest BCUT2D eigenvalue weighted by Gasteiger charge is 2.34. The van der Waals surface area contributed by atoms with E-state index in [1.165, 1.54) is 25.7 Å². The molecule has 1 fully saturated rings. The summed E-state index contributed by atoms with van der Waals surface area (Å²) >= 11 is 0. The van der Waals surface area contributed by atoms with Crippen LogP contribution in [0.3, 0.4) is 0 Å². The van der Waals surface area contributed by atoms with Gasteiger partial charge < -0.3 is 11.1 Å². The van der Waals surface area contributed by atoms with Crippen LogP contribution in [0.25, 0.3) is 0 Å². The van der Waals surface area contributed by atoms with Gasteiger partial charge >= 0.3 is 0 Å². The highest BCUT2D eigenvalue weighted by atomic mass is 15.2. The lowest BCUT2D eigenvalue weighted by Gasteiger charge is -2.43. The predicted molar refractivity (Wildman–Crippen MR) is 65.0 cm³/mol. The maximum atomic E-state index is 6.13.